The SMILES string of the molecule is CCn1ccn(C)c1=NC. The Bertz CT molecular complexity index is 267. The van der Waals surface area contributed by atoms with Crippen LogP contribution in [0.15, 0.2) is 17.4 Å². The highest BCUT2D eigenvalue weighted by molar-refractivity contribution is 4.77. The smallest absolute Gasteiger partial charge is 0.204 e. The fraction of sp³-hybridized carbons (Fsp3) is 0.571. The van der Waals surface area contributed by atoms with Crippen LogP contribution < -0.4 is 5.62 Å². The molecule has 0 unspecified atom stereocenters. The molecule has 1 aromatic rings. The molecule has 0 amide bonds. The van der Waals surface area contributed by atoms with Crippen LogP contribution in [0.25, 0.3) is 0 Å². The Morgan fingerprint density at radius 2 is 2.20 bits per heavy atom. The second kappa shape index (κ2) is 2.73. The second-order valence-electron chi connectivity index (χ2n) is 2.22. The Labute approximate surface area is 60.6 Å². The molecule has 0 aliphatic carbocycles. The molecule has 0 aromatic carbocycles. The van der Waals surface area contributed by atoms with E-state index in [-0.39, 0.29) is 0 Å². The van der Waals surface area contributed by atoms with Crippen LogP contribution in [-0.2, 0) is 13.6 Å². The summed E-state index contributed by atoms with van der Waals surface area (Å²) in [5.74, 6) is 0. The zero-order chi connectivity index (χ0) is 7.56. The maximum atomic E-state index is 4.13. The van der Waals surface area contributed by atoms with Gasteiger partial charge in [0.25, 0.3) is 0 Å². The van der Waals surface area contributed by atoms with E-state index in [1.807, 2.05) is 31.1 Å². The Balaban J connectivity index is 3.28. The summed E-state index contributed by atoms with van der Waals surface area (Å²) >= 11 is 0. The first-order chi connectivity index (χ1) is 4.79. The second-order valence-corrected chi connectivity index (χ2v) is 2.22. The molecule has 0 N–H and O–H groups in total. The van der Waals surface area contributed by atoms with Crippen LogP contribution in [0.2, 0.25) is 0 Å². The molecule has 0 saturated carbocycles. The van der Waals surface area contributed by atoms with Crippen LogP contribution in [0.3, 0.4) is 0 Å². The van der Waals surface area contributed by atoms with E-state index in [0.717, 1.165) is 12.2 Å². The molecule has 10 heavy (non-hydrogen) atoms. The van der Waals surface area contributed by atoms with Crippen molar-refractivity contribution in [3.05, 3.63) is 18.0 Å². The molecular weight excluding hydrogens is 126 g/mol. The average molecular weight is 139 g/mol. The van der Waals surface area contributed by atoms with Crippen molar-refractivity contribution in [1.29, 1.82) is 0 Å². The third-order valence-electron chi connectivity index (χ3n) is 1.58. The molecule has 0 aliphatic rings. The minimum absolute atomic E-state index is 0.980. The largest absolute Gasteiger partial charge is 0.321 e. The lowest BCUT2D eigenvalue weighted by molar-refractivity contribution is 0.669. The lowest BCUT2D eigenvalue weighted by Gasteiger charge is -1.95. The maximum Gasteiger partial charge on any atom is 0.204 e. The minimum Gasteiger partial charge on any atom is -0.321 e. The molecule has 3 nitrogen and oxygen atoms in total. The van der Waals surface area contributed by atoms with E-state index in [4.69, 9.17) is 0 Å². The van der Waals surface area contributed by atoms with Crippen LogP contribution in [-0.4, -0.2) is 16.2 Å². The van der Waals surface area contributed by atoms with Gasteiger partial charge in [0.15, 0.2) is 0 Å². The number of hydrogen-bond donors (Lipinski definition) is 0. The van der Waals surface area contributed by atoms with E-state index in [0.29, 0.717) is 0 Å². The summed E-state index contributed by atoms with van der Waals surface area (Å²) in [6, 6.07) is 0. The van der Waals surface area contributed by atoms with Crippen LogP contribution >= 0.6 is 0 Å². The topological polar surface area (TPSA) is 22.2 Å². The minimum atomic E-state index is 0.980. The summed E-state index contributed by atoms with van der Waals surface area (Å²) in [5.41, 5.74) is 1.02. The first-order valence-electron chi connectivity index (χ1n) is 3.44. The fourth-order valence-electron chi connectivity index (χ4n) is 1.05. The predicted molar refractivity (Wildman–Crippen MR) is 40.6 cm³/mol. The van der Waals surface area contributed by atoms with Gasteiger partial charge in [-0.15, -0.1) is 0 Å². The van der Waals surface area contributed by atoms with Crippen LogP contribution in [0.4, 0.5) is 0 Å². The van der Waals surface area contributed by atoms with E-state index in [2.05, 4.69) is 16.5 Å². The molecule has 0 radical (unpaired) electrons. The molecular formula is C7H13N3. The Morgan fingerprint density at radius 3 is 2.60 bits per heavy atom. The van der Waals surface area contributed by atoms with Gasteiger partial charge in [0, 0.05) is 33.0 Å². The molecule has 0 spiro atoms. The number of hydrogen-bond acceptors (Lipinski definition) is 1. The molecule has 1 aromatic heterocycles. The number of aryl methyl sites for hydroxylation is 2. The monoisotopic (exact) mass is 139 g/mol. The summed E-state index contributed by atoms with van der Waals surface area (Å²) in [5, 5.41) is 0. The summed E-state index contributed by atoms with van der Waals surface area (Å²) < 4.78 is 4.10. The van der Waals surface area contributed by atoms with E-state index >= 15 is 0 Å². The molecule has 1 rings (SSSR count). The highest BCUT2D eigenvalue weighted by Gasteiger charge is 1.91. The van der Waals surface area contributed by atoms with Gasteiger partial charge in [-0.05, 0) is 6.92 Å². The van der Waals surface area contributed by atoms with Crippen molar-refractivity contribution in [3.8, 4) is 0 Å². The van der Waals surface area contributed by atoms with Gasteiger partial charge in [0.2, 0.25) is 5.62 Å². The van der Waals surface area contributed by atoms with Crippen LogP contribution in [0.5, 0.6) is 0 Å². The molecule has 3 heteroatoms. The zero-order valence-corrected chi connectivity index (χ0v) is 6.70. The summed E-state index contributed by atoms with van der Waals surface area (Å²) in [4.78, 5) is 4.13. The standard InChI is InChI=1S/C7H13N3/c1-4-10-6-5-9(3)7(10)8-2/h5-6H,4H2,1-3H3. The molecule has 0 atom stereocenters. The number of imidazole rings is 1. The number of aromatic nitrogens is 2. The Hall–Kier alpha value is -0.990. The van der Waals surface area contributed by atoms with Gasteiger partial charge in [-0.3, -0.25) is 4.99 Å². The van der Waals surface area contributed by atoms with Crippen molar-refractivity contribution in [2.45, 2.75) is 13.5 Å². The highest BCUT2D eigenvalue weighted by Crippen LogP contribution is 1.80. The fourth-order valence-corrected chi connectivity index (χ4v) is 1.05. The quantitative estimate of drug-likeness (QED) is 0.536. The van der Waals surface area contributed by atoms with Gasteiger partial charge in [-0.2, -0.15) is 0 Å². The van der Waals surface area contributed by atoms with Crippen molar-refractivity contribution in [2.24, 2.45) is 12.0 Å². The van der Waals surface area contributed by atoms with Gasteiger partial charge in [0.1, 0.15) is 0 Å². The summed E-state index contributed by atoms with van der Waals surface area (Å²) in [7, 11) is 3.80. The van der Waals surface area contributed by atoms with Gasteiger partial charge in [-0.1, -0.05) is 0 Å². The van der Waals surface area contributed by atoms with Crippen LogP contribution in [0, 0.1) is 0 Å². The molecule has 0 fully saturated rings. The van der Waals surface area contributed by atoms with Gasteiger partial charge >= 0.3 is 0 Å². The molecule has 56 valence electrons. The Kier molecular flexibility index (Phi) is 1.94. The zero-order valence-electron chi connectivity index (χ0n) is 6.70. The van der Waals surface area contributed by atoms with Crippen molar-refractivity contribution >= 4 is 0 Å². The van der Waals surface area contributed by atoms with Crippen molar-refractivity contribution in [3.63, 3.8) is 0 Å². The average Bonchev–Trinajstić information content (AvgIpc) is 2.30. The van der Waals surface area contributed by atoms with Gasteiger partial charge < -0.3 is 9.13 Å². The van der Waals surface area contributed by atoms with Crippen molar-refractivity contribution in [2.75, 3.05) is 7.05 Å². The third-order valence-corrected chi connectivity index (χ3v) is 1.58. The predicted octanol–water partition coefficient (Wildman–Crippen LogP) is 0.377. The number of nitrogens with zero attached hydrogens (tertiary/aromatic N) is 3. The summed E-state index contributed by atoms with van der Waals surface area (Å²) in [6.45, 7) is 3.09. The van der Waals surface area contributed by atoms with E-state index < -0.39 is 0 Å². The van der Waals surface area contributed by atoms with E-state index in [1.54, 1.807) is 0 Å². The lowest BCUT2D eigenvalue weighted by Crippen LogP contribution is -2.22. The molecule has 0 bridgehead atoms. The summed E-state index contributed by atoms with van der Waals surface area (Å²) in [6.07, 6.45) is 4.04. The number of rotatable bonds is 1. The maximum absolute atomic E-state index is 4.13. The van der Waals surface area contributed by atoms with Crippen molar-refractivity contribution < 1.29 is 0 Å². The van der Waals surface area contributed by atoms with E-state index in [1.165, 1.54) is 0 Å². The third kappa shape index (κ3) is 0.988. The van der Waals surface area contributed by atoms with E-state index in [9.17, 15) is 0 Å². The van der Waals surface area contributed by atoms with Gasteiger partial charge in [0.05, 0.1) is 0 Å². The lowest BCUT2D eigenvalue weighted by atomic mass is 10.7. The van der Waals surface area contributed by atoms with Crippen LogP contribution in [0.1, 0.15) is 6.92 Å². The van der Waals surface area contributed by atoms with Crippen molar-refractivity contribution in [1.82, 2.24) is 9.13 Å². The normalized spacial score (nSPS) is 12.5. The molecule has 0 aliphatic heterocycles. The first kappa shape index (κ1) is 7.12. The Morgan fingerprint density at radius 1 is 1.50 bits per heavy atom. The first-order valence-corrected chi connectivity index (χ1v) is 3.44. The highest BCUT2D eigenvalue weighted by atomic mass is 15.2. The molecule has 1 heterocycles. The van der Waals surface area contributed by atoms with Gasteiger partial charge in [-0.25, -0.2) is 0 Å². The molecule has 0 saturated heterocycles.